The first-order chi connectivity index (χ1) is 11.0. The summed E-state index contributed by atoms with van der Waals surface area (Å²) in [5.41, 5.74) is 1.07. The Kier molecular flexibility index (Phi) is 4.22. The number of hydrogen-bond donors (Lipinski definition) is 1. The molecule has 0 radical (unpaired) electrons. The first-order valence-electron chi connectivity index (χ1n) is 8.03. The zero-order valence-corrected chi connectivity index (χ0v) is 13.7. The van der Waals surface area contributed by atoms with Crippen molar-refractivity contribution in [2.45, 2.75) is 38.8 Å². The van der Waals surface area contributed by atoms with Crippen molar-refractivity contribution in [2.24, 2.45) is 0 Å². The number of aliphatic hydroxyl groups is 1. The summed E-state index contributed by atoms with van der Waals surface area (Å²) in [7, 11) is 0. The summed E-state index contributed by atoms with van der Waals surface area (Å²) in [5.74, 6) is 0.998. The van der Waals surface area contributed by atoms with E-state index in [0.29, 0.717) is 32.5 Å². The van der Waals surface area contributed by atoms with Crippen molar-refractivity contribution in [3.8, 4) is 0 Å². The van der Waals surface area contributed by atoms with Gasteiger partial charge in [-0.25, -0.2) is 4.98 Å². The van der Waals surface area contributed by atoms with Crippen molar-refractivity contribution in [1.29, 1.82) is 0 Å². The normalized spacial score (nSPS) is 20.9. The van der Waals surface area contributed by atoms with E-state index in [2.05, 4.69) is 4.98 Å². The SMILES string of the molecule is Cc1ccccc1[C@@]1(O)CCN(C(=O)CCn2ccnc2C)C1. The predicted octanol–water partition coefficient (Wildman–Crippen LogP) is 2.01. The van der Waals surface area contributed by atoms with Crippen LogP contribution in [0.2, 0.25) is 0 Å². The standard InChI is InChI=1S/C18H23N3O2/c1-14-5-3-4-6-16(14)18(23)8-11-21(13-18)17(22)7-10-20-12-9-19-15(20)2/h3-6,9,12,23H,7-8,10-11,13H2,1-2H3/t18-/m1/s1. The van der Waals surface area contributed by atoms with Gasteiger partial charge in [-0.05, 0) is 31.4 Å². The first kappa shape index (κ1) is 15.7. The Morgan fingerprint density at radius 3 is 2.83 bits per heavy atom. The van der Waals surface area contributed by atoms with Crippen LogP contribution in [0.4, 0.5) is 0 Å². The lowest BCUT2D eigenvalue weighted by Crippen LogP contribution is -2.35. The Labute approximate surface area is 136 Å². The number of carbonyl (C=O) groups is 1. The molecule has 23 heavy (non-hydrogen) atoms. The van der Waals surface area contributed by atoms with E-state index in [1.165, 1.54) is 0 Å². The predicted molar refractivity (Wildman–Crippen MR) is 87.9 cm³/mol. The molecule has 1 fully saturated rings. The van der Waals surface area contributed by atoms with Crippen molar-refractivity contribution in [1.82, 2.24) is 14.5 Å². The number of benzene rings is 1. The summed E-state index contributed by atoms with van der Waals surface area (Å²) in [6.07, 6.45) is 4.65. The third kappa shape index (κ3) is 3.15. The molecule has 0 aliphatic carbocycles. The van der Waals surface area contributed by atoms with E-state index in [1.54, 1.807) is 11.1 Å². The van der Waals surface area contributed by atoms with Crippen LogP contribution in [-0.4, -0.2) is 38.6 Å². The molecule has 0 saturated carbocycles. The number of aryl methyl sites for hydroxylation is 3. The molecule has 1 atom stereocenters. The van der Waals surface area contributed by atoms with Crippen LogP contribution in [0.25, 0.3) is 0 Å². The van der Waals surface area contributed by atoms with Gasteiger partial charge in [0.05, 0.1) is 6.54 Å². The zero-order valence-electron chi connectivity index (χ0n) is 13.7. The lowest BCUT2D eigenvalue weighted by Gasteiger charge is -2.25. The third-order valence-electron chi connectivity index (χ3n) is 4.74. The highest BCUT2D eigenvalue weighted by Crippen LogP contribution is 2.34. The van der Waals surface area contributed by atoms with E-state index in [1.807, 2.05) is 48.9 Å². The quantitative estimate of drug-likeness (QED) is 0.939. The van der Waals surface area contributed by atoms with Gasteiger partial charge in [0.25, 0.3) is 0 Å². The minimum Gasteiger partial charge on any atom is -0.383 e. The Morgan fingerprint density at radius 2 is 2.13 bits per heavy atom. The van der Waals surface area contributed by atoms with E-state index >= 15 is 0 Å². The molecule has 1 N–H and O–H groups in total. The molecule has 0 unspecified atom stereocenters. The van der Waals surface area contributed by atoms with Crippen LogP contribution in [0.3, 0.4) is 0 Å². The van der Waals surface area contributed by atoms with Crippen LogP contribution in [-0.2, 0) is 16.9 Å². The molecule has 1 saturated heterocycles. The molecule has 1 aromatic carbocycles. The van der Waals surface area contributed by atoms with Crippen molar-refractivity contribution in [3.63, 3.8) is 0 Å². The van der Waals surface area contributed by atoms with E-state index < -0.39 is 5.60 Å². The molecule has 2 aromatic rings. The maximum atomic E-state index is 12.4. The Balaban J connectivity index is 1.64. The number of hydrogen-bond acceptors (Lipinski definition) is 3. The summed E-state index contributed by atoms with van der Waals surface area (Å²) in [6.45, 7) is 5.53. The molecule has 5 nitrogen and oxygen atoms in total. The van der Waals surface area contributed by atoms with E-state index in [9.17, 15) is 9.90 Å². The van der Waals surface area contributed by atoms with Crippen LogP contribution in [0, 0.1) is 13.8 Å². The van der Waals surface area contributed by atoms with Gasteiger partial charge in [0.2, 0.25) is 5.91 Å². The average molecular weight is 313 g/mol. The van der Waals surface area contributed by atoms with E-state index in [4.69, 9.17) is 0 Å². The van der Waals surface area contributed by atoms with Gasteiger partial charge in [0.1, 0.15) is 11.4 Å². The fourth-order valence-electron chi connectivity index (χ4n) is 3.34. The molecule has 1 aliphatic rings. The highest BCUT2D eigenvalue weighted by atomic mass is 16.3. The summed E-state index contributed by atoms with van der Waals surface area (Å²) in [5, 5.41) is 10.9. The summed E-state index contributed by atoms with van der Waals surface area (Å²) < 4.78 is 1.97. The van der Waals surface area contributed by atoms with Gasteiger partial charge in [-0.15, -0.1) is 0 Å². The fourth-order valence-corrected chi connectivity index (χ4v) is 3.34. The second-order valence-corrected chi connectivity index (χ2v) is 6.33. The molecule has 0 spiro atoms. The molecule has 3 rings (SSSR count). The monoisotopic (exact) mass is 313 g/mol. The van der Waals surface area contributed by atoms with Crippen LogP contribution >= 0.6 is 0 Å². The van der Waals surface area contributed by atoms with Crippen molar-refractivity contribution in [3.05, 3.63) is 53.6 Å². The number of imidazole rings is 1. The molecular formula is C18H23N3O2. The van der Waals surface area contributed by atoms with Gasteiger partial charge in [0.15, 0.2) is 0 Å². The number of aromatic nitrogens is 2. The van der Waals surface area contributed by atoms with Crippen LogP contribution in [0.15, 0.2) is 36.7 Å². The van der Waals surface area contributed by atoms with Crippen LogP contribution in [0.5, 0.6) is 0 Å². The van der Waals surface area contributed by atoms with Crippen LogP contribution in [0.1, 0.15) is 29.8 Å². The van der Waals surface area contributed by atoms with Gasteiger partial charge >= 0.3 is 0 Å². The summed E-state index contributed by atoms with van der Waals surface area (Å²) in [4.78, 5) is 18.4. The molecule has 1 aliphatic heterocycles. The highest BCUT2D eigenvalue weighted by molar-refractivity contribution is 5.76. The van der Waals surface area contributed by atoms with Gasteiger partial charge in [-0.1, -0.05) is 24.3 Å². The smallest absolute Gasteiger partial charge is 0.224 e. The second-order valence-electron chi connectivity index (χ2n) is 6.33. The Bertz CT molecular complexity index is 710. The number of amides is 1. The summed E-state index contributed by atoms with van der Waals surface area (Å²) in [6, 6.07) is 7.86. The molecule has 0 bridgehead atoms. The maximum Gasteiger partial charge on any atom is 0.224 e. The molecule has 1 amide bonds. The van der Waals surface area contributed by atoms with Gasteiger partial charge in [-0.2, -0.15) is 0 Å². The van der Waals surface area contributed by atoms with Crippen molar-refractivity contribution in [2.75, 3.05) is 13.1 Å². The highest BCUT2D eigenvalue weighted by Gasteiger charge is 2.40. The van der Waals surface area contributed by atoms with Crippen molar-refractivity contribution >= 4 is 5.91 Å². The minimum atomic E-state index is -0.925. The van der Waals surface area contributed by atoms with Crippen LogP contribution < -0.4 is 0 Å². The largest absolute Gasteiger partial charge is 0.383 e. The van der Waals surface area contributed by atoms with Gasteiger partial charge in [-0.3, -0.25) is 4.79 Å². The Morgan fingerprint density at radius 1 is 1.35 bits per heavy atom. The zero-order chi connectivity index (χ0) is 16.4. The van der Waals surface area contributed by atoms with E-state index in [-0.39, 0.29) is 5.91 Å². The fraction of sp³-hybridized carbons (Fsp3) is 0.444. The van der Waals surface area contributed by atoms with Gasteiger partial charge in [0, 0.05) is 31.9 Å². The molecule has 5 heteroatoms. The number of carbonyl (C=O) groups excluding carboxylic acids is 1. The molecule has 2 heterocycles. The average Bonchev–Trinajstić information content (AvgIpc) is 3.12. The number of nitrogens with zero attached hydrogens (tertiary/aromatic N) is 3. The second kappa shape index (κ2) is 6.16. The minimum absolute atomic E-state index is 0.0857. The van der Waals surface area contributed by atoms with E-state index in [0.717, 1.165) is 17.0 Å². The number of β-amino-alcohol motifs (C(OH)–C–C–N with tert-alkyl or cyclic N) is 1. The third-order valence-corrected chi connectivity index (χ3v) is 4.74. The maximum absolute atomic E-state index is 12.4. The molecule has 1 aromatic heterocycles. The Hall–Kier alpha value is -2.14. The molecule has 122 valence electrons. The van der Waals surface area contributed by atoms with Gasteiger partial charge < -0.3 is 14.6 Å². The number of rotatable bonds is 4. The lowest BCUT2D eigenvalue weighted by atomic mass is 9.89. The number of likely N-dealkylation sites (tertiary alicyclic amines) is 1. The molecular weight excluding hydrogens is 290 g/mol. The topological polar surface area (TPSA) is 58.4 Å². The first-order valence-corrected chi connectivity index (χ1v) is 8.03. The summed E-state index contributed by atoms with van der Waals surface area (Å²) >= 11 is 0. The lowest BCUT2D eigenvalue weighted by molar-refractivity contribution is -0.131. The van der Waals surface area contributed by atoms with Crippen molar-refractivity contribution < 1.29 is 9.90 Å².